The first-order valence-electron chi connectivity index (χ1n) is 11.4. The van der Waals surface area contributed by atoms with Crippen LogP contribution in [-0.4, -0.2) is 48.0 Å². The smallest absolute Gasteiger partial charge is 0.289 e. The van der Waals surface area contributed by atoms with Crippen molar-refractivity contribution in [3.63, 3.8) is 0 Å². The fraction of sp³-hybridized carbons (Fsp3) is 0.296. The van der Waals surface area contributed by atoms with E-state index in [9.17, 15) is 4.79 Å². The van der Waals surface area contributed by atoms with Crippen molar-refractivity contribution in [3.8, 4) is 11.1 Å². The molecule has 0 aliphatic carbocycles. The minimum Gasteiger partial charge on any atom is -0.451 e. The Morgan fingerprint density at radius 1 is 1.09 bits per heavy atom. The van der Waals surface area contributed by atoms with E-state index in [0.29, 0.717) is 18.3 Å². The molecule has 1 amide bonds. The van der Waals surface area contributed by atoms with E-state index in [0.717, 1.165) is 52.7 Å². The molecule has 1 atom stereocenters. The summed E-state index contributed by atoms with van der Waals surface area (Å²) >= 11 is 0. The van der Waals surface area contributed by atoms with Crippen molar-refractivity contribution >= 4 is 22.8 Å². The highest BCUT2D eigenvalue weighted by Gasteiger charge is 2.31. The number of fused-ring (bicyclic) bond motifs is 1. The summed E-state index contributed by atoms with van der Waals surface area (Å²) in [6, 6.07) is 18.0. The lowest BCUT2D eigenvalue weighted by Gasteiger charge is -2.33. The third kappa shape index (κ3) is 3.97. The average molecular weight is 441 g/mol. The highest BCUT2D eigenvalue weighted by molar-refractivity contribution is 5.99. The molecule has 1 aliphatic heterocycles. The molecule has 168 valence electrons. The summed E-state index contributed by atoms with van der Waals surface area (Å²) in [6.45, 7) is 3.29. The number of aryl methyl sites for hydroxylation is 1. The van der Waals surface area contributed by atoms with Gasteiger partial charge in [-0.05, 0) is 31.4 Å². The predicted molar refractivity (Wildman–Crippen MR) is 131 cm³/mol. The first-order valence-corrected chi connectivity index (χ1v) is 11.4. The molecule has 0 saturated carbocycles. The van der Waals surface area contributed by atoms with E-state index in [-0.39, 0.29) is 11.8 Å². The maximum Gasteiger partial charge on any atom is 0.289 e. The van der Waals surface area contributed by atoms with Gasteiger partial charge in [0.2, 0.25) is 5.95 Å². The van der Waals surface area contributed by atoms with Gasteiger partial charge in [0.15, 0.2) is 5.76 Å². The first-order chi connectivity index (χ1) is 16.0. The Bertz CT molecular complexity index is 1300. The van der Waals surface area contributed by atoms with E-state index in [2.05, 4.69) is 17.1 Å². The highest BCUT2D eigenvalue weighted by atomic mass is 16.3. The zero-order valence-electron chi connectivity index (χ0n) is 19.3. The Morgan fingerprint density at radius 2 is 1.85 bits per heavy atom. The highest BCUT2D eigenvalue weighted by Crippen LogP contribution is 2.35. The van der Waals surface area contributed by atoms with Crippen LogP contribution in [0.25, 0.3) is 22.1 Å². The number of furan rings is 1. The summed E-state index contributed by atoms with van der Waals surface area (Å²) in [6.07, 6.45) is 3.81. The molecule has 0 N–H and O–H groups in total. The molecule has 6 heteroatoms. The van der Waals surface area contributed by atoms with E-state index < -0.39 is 0 Å². The second kappa shape index (κ2) is 8.70. The molecule has 1 unspecified atom stereocenters. The Hall–Kier alpha value is -3.67. The average Bonchev–Trinajstić information content (AvgIpc) is 3.20. The van der Waals surface area contributed by atoms with Crippen molar-refractivity contribution in [1.29, 1.82) is 0 Å². The van der Waals surface area contributed by atoms with Gasteiger partial charge in [-0.1, -0.05) is 48.5 Å². The van der Waals surface area contributed by atoms with E-state index in [1.807, 2.05) is 79.5 Å². The molecule has 3 heterocycles. The molecule has 2 aromatic heterocycles. The number of nitrogens with zero attached hydrogens (tertiary/aromatic N) is 4. The minimum atomic E-state index is -0.0449. The molecule has 0 radical (unpaired) electrons. The number of anilines is 1. The lowest BCUT2D eigenvalue weighted by molar-refractivity contribution is 0.0675. The normalized spacial score (nSPS) is 16.2. The van der Waals surface area contributed by atoms with Crippen LogP contribution in [0.3, 0.4) is 0 Å². The number of likely N-dealkylation sites (tertiary alicyclic amines) is 1. The van der Waals surface area contributed by atoms with Crippen LogP contribution < -0.4 is 4.90 Å². The predicted octanol–water partition coefficient (Wildman–Crippen LogP) is 5.28. The van der Waals surface area contributed by atoms with Crippen molar-refractivity contribution in [3.05, 3.63) is 77.8 Å². The van der Waals surface area contributed by atoms with Crippen LogP contribution in [0.5, 0.6) is 0 Å². The quantitative estimate of drug-likeness (QED) is 0.432. The molecule has 33 heavy (non-hydrogen) atoms. The maximum atomic E-state index is 13.5. The molecule has 2 aromatic carbocycles. The van der Waals surface area contributed by atoms with Gasteiger partial charge >= 0.3 is 0 Å². The Kier molecular flexibility index (Phi) is 5.58. The van der Waals surface area contributed by atoms with Crippen LogP contribution in [-0.2, 0) is 0 Å². The summed E-state index contributed by atoms with van der Waals surface area (Å²) < 4.78 is 5.97. The van der Waals surface area contributed by atoms with Gasteiger partial charge in [0.05, 0.1) is 5.69 Å². The summed E-state index contributed by atoms with van der Waals surface area (Å²) in [5, 5.41) is 0.993. The van der Waals surface area contributed by atoms with Crippen LogP contribution in [0.2, 0.25) is 0 Å². The number of benzene rings is 2. The van der Waals surface area contributed by atoms with Crippen LogP contribution >= 0.6 is 0 Å². The summed E-state index contributed by atoms with van der Waals surface area (Å²) in [5.41, 5.74) is 4.78. The number of aromatic nitrogens is 2. The van der Waals surface area contributed by atoms with Crippen molar-refractivity contribution in [2.45, 2.75) is 25.7 Å². The lowest BCUT2D eigenvalue weighted by atomic mass is 9.89. The van der Waals surface area contributed by atoms with Crippen LogP contribution in [0.1, 0.15) is 40.6 Å². The van der Waals surface area contributed by atoms with Gasteiger partial charge in [-0.25, -0.2) is 9.97 Å². The molecular formula is C27H28N4O2. The minimum absolute atomic E-state index is 0.0449. The summed E-state index contributed by atoms with van der Waals surface area (Å²) in [7, 11) is 3.89. The van der Waals surface area contributed by atoms with E-state index in [1.165, 1.54) is 0 Å². The fourth-order valence-corrected chi connectivity index (χ4v) is 4.66. The zero-order valence-corrected chi connectivity index (χ0v) is 19.3. The van der Waals surface area contributed by atoms with Gasteiger partial charge in [0.1, 0.15) is 5.58 Å². The number of rotatable bonds is 4. The molecule has 1 saturated heterocycles. The molecule has 1 fully saturated rings. The Balaban J connectivity index is 1.49. The summed E-state index contributed by atoms with van der Waals surface area (Å²) in [4.78, 5) is 26.8. The van der Waals surface area contributed by atoms with E-state index >= 15 is 0 Å². The maximum absolute atomic E-state index is 13.5. The van der Waals surface area contributed by atoms with Crippen molar-refractivity contribution in [2.24, 2.45) is 0 Å². The zero-order chi connectivity index (χ0) is 22.9. The topological polar surface area (TPSA) is 62.5 Å². The molecule has 1 aliphatic rings. The number of carbonyl (C=O) groups is 1. The van der Waals surface area contributed by atoms with Crippen LogP contribution in [0, 0.1) is 6.92 Å². The number of amides is 1. The number of carbonyl (C=O) groups excluding carboxylic acids is 1. The standard InChI is InChI=1S/C27H28N4O2/c1-18-21-13-7-8-14-23(21)33-25(18)26(32)31-15-9-12-20(17-31)24-22(19-10-5-4-6-11-19)16-28-27(29-24)30(2)3/h4-8,10-11,13-14,16,20H,9,12,15,17H2,1-3H3. The van der Waals surface area contributed by atoms with E-state index in [4.69, 9.17) is 9.40 Å². The fourth-order valence-electron chi connectivity index (χ4n) is 4.66. The molecule has 5 rings (SSSR count). The lowest BCUT2D eigenvalue weighted by Crippen LogP contribution is -2.39. The van der Waals surface area contributed by atoms with Gasteiger partial charge in [0, 0.05) is 55.8 Å². The largest absolute Gasteiger partial charge is 0.451 e. The second-order valence-electron chi connectivity index (χ2n) is 8.87. The first kappa shape index (κ1) is 21.2. The molecule has 6 nitrogen and oxygen atoms in total. The second-order valence-corrected chi connectivity index (χ2v) is 8.87. The molecular weight excluding hydrogens is 412 g/mol. The van der Waals surface area contributed by atoms with Crippen molar-refractivity contribution < 1.29 is 9.21 Å². The number of para-hydroxylation sites is 1. The SMILES string of the molecule is Cc1c(C(=O)N2CCCC(c3nc(N(C)C)ncc3-c3ccccc3)C2)oc2ccccc12. The van der Waals surface area contributed by atoms with Gasteiger partial charge in [-0.2, -0.15) is 0 Å². The Morgan fingerprint density at radius 3 is 2.61 bits per heavy atom. The molecule has 0 bridgehead atoms. The van der Waals surface area contributed by atoms with Gasteiger partial charge < -0.3 is 14.2 Å². The third-order valence-corrected chi connectivity index (χ3v) is 6.42. The number of hydrogen-bond donors (Lipinski definition) is 0. The van der Waals surface area contributed by atoms with Gasteiger partial charge in [-0.3, -0.25) is 4.79 Å². The number of piperidine rings is 1. The van der Waals surface area contributed by atoms with Gasteiger partial charge in [0.25, 0.3) is 5.91 Å². The van der Waals surface area contributed by atoms with Crippen LogP contribution in [0.4, 0.5) is 5.95 Å². The summed E-state index contributed by atoms with van der Waals surface area (Å²) in [5.74, 6) is 1.21. The van der Waals surface area contributed by atoms with Crippen molar-refractivity contribution in [1.82, 2.24) is 14.9 Å². The van der Waals surface area contributed by atoms with Crippen molar-refractivity contribution in [2.75, 3.05) is 32.1 Å². The van der Waals surface area contributed by atoms with Gasteiger partial charge in [-0.15, -0.1) is 0 Å². The molecule has 0 spiro atoms. The monoisotopic (exact) mass is 440 g/mol. The number of hydrogen-bond acceptors (Lipinski definition) is 5. The third-order valence-electron chi connectivity index (χ3n) is 6.42. The van der Waals surface area contributed by atoms with E-state index in [1.54, 1.807) is 0 Å². The Labute approximate surface area is 193 Å². The van der Waals surface area contributed by atoms with Crippen LogP contribution in [0.15, 0.2) is 65.2 Å². The molecule has 4 aromatic rings.